The Morgan fingerprint density at radius 3 is 1.87 bits per heavy atom. The van der Waals surface area contributed by atoms with Gasteiger partial charge in [-0.05, 0) is 74.1 Å². The van der Waals surface area contributed by atoms with E-state index in [1.165, 1.54) is 13.2 Å². The molecule has 0 aliphatic rings. The van der Waals surface area contributed by atoms with Gasteiger partial charge in [0.05, 0.1) is 30.5 Å². The third kappa shape index (κ3) is 19.4. The molecule has 0 amide bonds. The molecule has 4 N–H and O–H groups in total. The zero-order valence-corrected chi connectivity index (χ0v) is 32.1. The van der Waals surface area contributed by atoms with Gasteiger partial charge < -0.3 is 29.6 Å². The van der Waals surface area contributed by atoms with Crippen LogP contribution in [0.1, 0.15) is 93.9 Å². The number of carboxylic acid groups (broad SMARTS) is 1. The fourth-order valence-corrected chi connectivity index (χ4v) is 5.87. The Kier molecular flexibility index (Phi) is 21.3. The van der Waals surface area contributed by atoms with Crippen molar-refractivity contribution in [3.05, 3.63) is 59.7 Å². The number of methoxy groups -OCH3 is 1. The fraction of sp³-hybridized carbons (Fsp3) is 0.657. The second-order valence-corrected chi connectivity index (χ2v) is 19.1. The van der Waals surface area contributed by atoms with Crippen LogP contribution in [0.2, 0.25) is 18.1 Å². The van der Waals surface area contributed by atoms with E-state index in [0.717, 1.165) is 12.8 Å². The van der Waals surface area contributed by atoms with Crippen LogP contribution in [0.5, 0.6) is 0 Å². The summed E-state index contributed by atoms with van der Waals surface area (Å²) in [4.78, 5) is 23.8. The maximum atomic E-state index is 11.2. The number of aliphatic hydroxyl groups excluding tert-OH is 2. The van der Waals surface area contributed by atoms with Gasteiger partial charge in [-0.2, -0.15) is 0 Å². The average Bonchev–Trinajstić information content (AvgIpc) is 2.91. The Morgan fingerprint density at radius 1 is 0.867 bits per heavy atom. The number of carbonyl (C=O) groups is 2. The molecule has 260 valence electrons. The predicted octanol–water partition coefficient (Wildman–Crippen LogP) is 8.00. The molecule has 0 bridgehead atoms. The van der Waals surface area contributed by atoms with Crippen LogP contribution >= 0.6 is 15.9 Å². The van der Waals surface area contributed by atoms with Crippen molar-refractivity contribution in [1.29, 1.82) is 0 Å². The molecule has 10 heteroatoms. The highest BCUT2D eigenvalue weighted by Gasteiger charge is 2.42. The summed E-state index contributed by atoms with van der Waals surface area (Å²) in [6, 6.07) is 0. The molecule has 0 spiro atoms. The van der Waals surface area contributed by atoms with Crippen molar-refractivity contribution < 1.29 is 39.2 Å². The van der Waals surface area contributed by atoms with Crippen LogP contribution in [0.3, 0.4) is 0 Å². The second kappa shape index (κ2) is 21.1. The molecule has 8 nitrogen and oxygen atoms in total. The number of carboxylic acids is 1. The predicted molar refractivity (Wildman–Crippen MR) is 191 cm³/mol. The maximum absolute atomic E-state index is 11.2. The monoisotopic (exact) mass is 716 g/mol. The third-order valence-electron chi connectivity index (χ3n) is 8.42. The number of aliphatic hydroxyl groups is 3. The Hall–Kier alpha value is -1.82. The lowest BCUT2D eigenvalue weighted by Crippen LogP contribution is -2.47. The van der Waals surface area contributed by atoms with E-state index in [9.17, 15) is 24.9 Å². The minimum absolute atomic E-state index is 0.0144. The molecule has 0 fully saturated rings. The van der Waals surface area contributed by atoms with Gasteiger partial charge in [0, 0.05) is 12.8 Å². The number of allylic oxidation sites excluding steroid dienone is 6. The highest BCUT2D eigenvalue weighted by molar-refractivity contribution is 9.11. The molecule has 4 atom stereocenters. The highest BCUT2D eigenvalue weighted by atomic mass is 79.9. The lowest BCUT2D eigenvalue weighted by molar-refractivity contribution is -0.141. The van der Waals surface area contributed by atoms with Gasteiger partial charge in [0.2, 0.25) is 0 Å². The number of aliphatic carboxylic acids is 1. The first-order valence-electron chi connectivity index (χ1n) is 15.6. The van der Waals surface area contributed by atoms with Crippen molar-refractivity contribution >= 4 is 36.2 Å². The van der Waals surface area contributed by atoms with E-state index in [1.807, 2.05) is 24.9 Å². The first-order chi connectivity index (χ1) is 20.5. The molecule has 0 aliphatic heterocycles. The topological polar surface area (TPSA) is 134 Å². The zero-order valence-electron chi connectivity index (χ0n) is 29.5. The number of carbonyl (C=O) groups excluding carboxylic acids is 1. The molecule has 0 saturated carbocycles. The van der Waals surface area contributed by atoms with Crippen LogP contribution in [0, 0.1) is 5.41 Å². The van der Waals surface area contributed by atoms with Gasteiger partial charge >= 0.3 is 11.9 Å². The molecule has 0 aliphatic carbocycles. The van der Waals surface area contributed by atoms with E-state index >= 15 is 0 Å². The van der Waals surface area contributed by atoms with Gasteiger partial charge in [-0.25, -0.2) is 0 Å². The summed E-state index contributed by atoms with van der Waals surface area (Å²) in [7, 11) is -0.429. The third-order valence-corrected chi connectivity index (χ3v) is 13.3. The highest BCUT2D eigenvalue weighted by Crippen LogP contribution is 2.41. The largest absolute Gasteiger partial charge is 0.481 e. The van der Waals surface area contributed by atoms with Gasteiger partial charge in [-0.3, -0.25) is 9.59 Å². The lowest BCUT2D eigenvalue weighted by Gasteiger charge is -2.43. The Bertz CT molecular complexity index is 1020. The standard InChI is InChI=1S/C20H32O5.C15H29BrO3Si/c1-5-16(21)17(22)12-10-8-6-7-9-11-14-20(4,25)19(2,3)15-13-18(23)24;1-14(2,3)20(6,7)19-15(4,11-12-16)10-8-9-13(17)18-5/h6-12,14,16-17,21-22,25H,5,13,15H2,1-4H3,(H,23,24);11-12H,8-10H2,1-7H3/b8-6+,9-7-,12-10+,14-11+;12-11+/t16?,17?,20-;/m1./s1. The number of hydrogen-bond acceptors (Lipinski definition) is 7. The van der Waals surface area contributed by atoms with Crippen molar-refractivity contribution in [2.24, 2.45) is 5.41 Å². The van der Waals surface area contributed by atoms with E-state index in [1.54, 1.807) is 56.4 Å². The van der Waals surface area contributed by atoms with Crippen LogP contribution in [0.25, 0.3) is 0 Å². The summed E-state index contributed by atoms with van der Waals surface area (Å²) in [6.45, 7) is 20.4. The van der Waals surface area contributed by atoms with Gasteiger partial charge in [-0.15, -0.1) is 0 Å². The van der Waals surface area contributed by atoms with E-state index in [-0.39, 0.29) is 23.0 Å². The van der Waals surface area contributed by atoms with Crippen molar-refractivity contribution in [1.82, 2.24) is 0 Å². The van der Waals surface area contributed by atoms with Crippen LogP contribution in [-0.4, -0.2) is 71.2 Å². The molecule has 0 aromatic heterocycles. The molecular formula is C35H61BrO8Si. The molecule has 0 aromatic rings. The minimum Gasteiger partial charge on any atom is -0.481 e. The first kappa shape index (κ1) is 45.3. The molecule has 0 saturated heterocycles. The summed E-state index contributed by atoms with van der Waals surface area (Å²) in [6.07, 6.45) is 16.8. The zero-order chi connectivity index (χ0) is 35.5. The molecule has 0 radical (unpaired) electrons. The summed E-state index contributed by atoms with van der Waals surface area (Å²) in [5, 5.41) is 38.4. The van der Waals surface area contributed by atoms with Crippen molar-refractivity contribution in [3.63, 3.8) is 0 Å². The molecule has 0 rings (SSSR count). The van der Waals surface area contributed by atoms with Crippen molar-refractivity contribution in [2.45, 2.75) is 135 Å². The molecule has 3 unspecified atom stereocenters. The first-order valence-corrected chi connectivity index (χ1v) is 19.4. The summed E-state index contributed by atoms with van der Waals surface area (Å²) in [5.41, 5.74) is -2.04. The van der Waals surface area contributed by atoms with Gasteiger partial charge in [-0.1, -0.05) is 106 Å². The maximum Gasteiger partial charge on any atom is 0.305 e. The minimum atomic E-state index is -1.85. The van der Waals surface area contributed by atoms with Crippen LogP contribution in [-0.2, 0) is 18.8 Å². The molecule has 0 heterocycles. The van der Waals surface area contributed by atoms with E-state index < -0.39 is 37.5 Å². The van der Waals surface area contributed by atoms with Gasteiger partial charge in [0.1, 0.15) is 0 Å². The molecular weight excluding hydrogens is 656 g/mol. The van der Waals surface area contributed by atoms with Gasteiger partial charge in [0.25, 0.3) is 0 Å². The normalized spacial score (nSPS) is 17.4. The average molecular weight is 718 g/mol. The Labute approximate surface area is 282 Å². The van der Waals surface area contributed by atoms with Gasteiger partial charge in [0.15, 0.2) is 8.32 Å². The Balaban J connectivity index is 0. The summed E-state index contributed by atoms with van der Waals surface area (Å²) >= 11 is 3.34. The molecule has 45 heavy (non-hydrogen) atoms. The smallest absolute Gasteiger partial charge is 0.305 e. The molecule has 0 aromatic carbocycles. The van der Waals surface area contributed by atoms with Crippen LogP contribution in [0.4, 0.5) is 0 Å². The fourth-order valence-electron chi connectivity index (χ4n) is 3.67. The number of halogens is 1. The Morgan fingerprint density at radius 2 is 1.40 bits per heavy atom. The van der Waals surface area contributed by atoms with Crippen LogP contribution in [0.15, 0.2) is 59.7 Å². The second-order valence-electron chi connectivity index (χ2n) is 13.8. The van der Waals surface area contributed by atoms with Crippen molar-refractivity contribution in [3.8, 4) is 0 Å². The quantitative estimate of drug-likeness (QED) is 0.0637. The SMILES string of the molecule is CCC(O)C(O)/C=C/C=C/C=C\C=C\[C@@](C)(O)C(C)(C)CCC(=O)O.COC(=O)CCCC(C)(/C=C/Br)O[Si](C)(C)C(C)(C)C. The van der Waals surface area contributed by atoms with E-state index in [2.05, 4.69) is 61.5 Å². The van der Waals surface area contributed by atoms with E-state index in [0.29, 0.717) is 19.3 Å². The van der Waals surface area contributed by atoms with Crippen LogP contribution < -0.4 is 0 Å². The number of ether oxygens (including phenoxy) is 1. The summed E-state index contributed by atoms with van der Waals surface area (Å²) in [5.74, 6) is -1.04. The lowest BCUT2D eigenvalue weighted by atomic mass is 9.72. The summed E-state index contributed by atoms with van der Waals surface area (Å²) < 4.78 is 11.2. The number of hydrogen-bond donors (Lipinski definition) is 4. The van der Waals surface area contributed by atoms with E-state index in [4.69, 9.17) is 9.53 Å². The van der Waals surface area contributed by atoms with Crippen molar-refractivity contribution in [2.75, 3.05) is 7.11 Å². The number of esters is 1. The number of rotatable bonds is 18.